The molecule has 0 amide bonds. The molecule has 1 aromatic rings. The molecule has 5 nitrogen and oxygen atoms in total. The van der Waals surface area contributed by atoms with Gasteiger partial charge in [0.2, 0.25) is 10.0 Å². The second-order valence-corrected chi connectivity index (χ2v) is 6.71. The van der Waals surface area contributed by atoms with Gasteiger partial charge >= 0.3 is 0 Å². The van der Waals surface area contributed by atoms with Crippen LogP contribution in [0, 0.1) is 0 Å². The zero-order valence-corrected chi connectivity index (χ0v) is 13.0. The van der Waals surface area contributed by atoms with Crippen LogP contribution in [0.1, 0.15) is 31.7 Å². The Bertz CT molecular complexity index is 449. The minimum Gasteiger partial charge on any atom is -0.317 e. The second-order valence-electron chi connectivity index (χ2n) is 4.78. The number of nitrogens with zero attached hydrogens (tertiary/aromatic N) is 1. The summed E-state index contributed by atoms with van der Waals surface area (Å²) in [6.07, 6.45) is 6.83. The predicted octanol–water partition coefficient (Wildman–Crippen LogP) is 1.32. The third-order valence-corrected chi connectivity index (χ3v) is 4.37. The summed E-state index contributed by atoms with van der Waals surface area (Å²) in [5.74, 6) is 0.202. The van der Waals surface area contributed by atoms with E-state index in [4.69, 9.17) is 0 Å². The Labute approximate surface area is 122 Å². The Balaban J connectivity index is 2.12. The van der Waals surface area contributed by atoms with Crippen LogP contribution in [0.5, 0.6) is 0 Å². The lowest BCUT2D eigenvalue weighted by molar-refractivity contribution is 0.573. The van der Waals surface area contributed by atoms with Crippen LogP contribution in [0.15, 0.2) is 24.5 Å². The first-order valence-electron chi connectivity index (χ1n) is 7.21. The van der Waals surface area contributed by atoms with Crippen LogP contribution >= 0.6 is 0 Å². The van der Waals surface area contributed by atoms with E-state index in [9.17, 15) is 8.42 Å². The highest BCUT2D eigenvalue weighted by Crippen LogP contribution is 1.98. The van der Waals surface area contributed by atoms with Gasteiger partial charge in [0, 0.05) is 18.9 Å². The van der Waals surface area contributed by atoms with E-state index in [0.29, 0.717) is 19.4 Å². The van der Waals surface area contributed by atoms with Crippen molar-refractivity contribution in [2.75, 3.05) is 25.4 Å². The highest BCUT2D eigenvalue weighted by Gasteiger charge is 2.08. The Morgan fingerprint density at radius 2 is 2.05 bits per heavy atom. The Kier molecular flexibility index (Phi) is 8.41. The largest absolute Gasteiger partial charge is 0.317 e. The Hall–Kier alpha value is -0.980. The molecule has 0 radical (unpaired) electrons. The summed E-state index contributed by atoms with van der Waals surface area (Å²) < 4.78 is 26.2. The van der Waals surface area contributed by atoms with Crippen molar-refractivity contribution < 1.29 is 8.42 Å². The van der Waals surface area contributed by atoms with Crippen molar-refractivity contribution >= 4 is 10.0 Å². The Morgan fingerprint density at radius 3 is 2.75 bits per heavy atom. The number of hydrogen-bond donors (Lipinski definition) is 2. The van der Waals surface area contributed by atoms with Crippen LogP contribution in [0.3, 0.4) is 0 Å². The molecule has 0 spiro atoms. The topological polar surface area (TPSA) is 71.1 Å². The summed E-state index contributed by atoms with van der Waals surface area (Å²) in [6.45, 7) is 4.43. The smallest absolute Gasteiger partial charge is 0.211 e. The summed E-state index contributed by atoms with van der Waals surface area (Å²) in [4.78, 5) is 4.00. The number of nitrogens with one attached hydrogen (secondary N) is 2. The summed E-state index contributed by atoms with van der Waals surface area (Å²) in [5, 5.41) is 3.26. The molecule has 2 N–H and O–H groups in total. The van der Waals surface area contributed by atoms with Gasteiger partial charge in [0.15, 0.2) is 0 Å². The fraction of sp³-hybridized carbons (Fsp3) is 0.643. The molecule has 0 saturated carbocycles. The average Bonchev–Trinajstić information content (AvgIpc) is 2.44. The third kappa shape index (κ3) is 8.24. The molecule has 0 atom stereocenters. The molecule has 114 valence electrons. The molecule has 0 aliphatic carbocycles. The Morgan fingerprint density at radius 1 is 1.20 bits per heavy atom. The number of unbranched alkanes of at least 4 members (excludes halogenated alkanes) is 1. The number of pyridine rings is 1. The lowest BCUT2D eigenvalue weighted by Gasteiger charge is -2.07. The molecule has 0 saturated heterocycles. The zero-order valence-electron chi connectivity index (χ0n) is 12.1. The zero-order chi connectivity index (χ0) is 14.7. The highest BCUT2D eigenvalue weighted by molar-refractivity contribution is 7.89. The minimum atomic E-state index is -3.14. The van der Waals surface area contributed by atoms with E-state index in [0.717, 1.165) is 31.5 Å². The first-order valence-corrected chi connectivity index (χ1v) is 8.86. The van der Waals surface area contributed by atoms with Crippen molar-refractivity contribution in [3.8, 4) is 0 Å². The van der Waals surface area contributed by atoms with Crippen molar-refractivity contribution in [3.05, 3.63) is 30.1 Å². The van der Waals surface area contributed by atoms with Gasteiger partial charge in [0.05, 0.1) is 5.75 Å². The van der Waals surface area contributed by atoms with E-state index < -0.39 is 10.0 Å². The molecule has 0 fully saturated rings. The van der Waals surface area contributed by atoms with E-state index in [2.05, 4.69) is 21.9 Å². The van der Waals surface area contributed by atoms with Crippen LogP contribution in [-0.4, -0.2) is 38.8 Å². The fourth-order valence-corrected chi connectivity index (χ4v) is 2.95. The molecule has 0 bridgehead atoms. The molecule has 1 aromatic heterocycles. The summed E-state index contributed by atoms with van der Waals surface area (Å²) in [6, 6.07) is 3.80. The molecule has 0 aliphatic heterocycles. The molecule has 0 unspecified atom stereocenters. The van der Waals surface area contributed by atoms with Crippen molar-refractivity contribution in [1.29, 1.82) is 0 Å². The van der Waals surface area contributed by atoms with Crippen molar-refractivity contribution in [2.24, 2.45) is 0 Å². The lowest BCUT2D eigenvalue weighted by atomic mass is 10.2. The van der Waals surface area contributed by atoms with Crippen LogP contribution < -0.4 is 10.0 Å². The van der Waals surface area contributed by atoms with Gasteiger partial charge < -0.3 is 5.32 Å². The molecule has 20 heavy (non-hydrogen) atoms. The predicted molar refractivity (Wildman–Crippen MR) is 82.1 cm³/mol. The van der Waals surface area contributed by atoms with Crippen LogP contribution in [0.25, 0.3) is 0 Å². The van der Waals surface area contributed by atoms with Gasteiger partial charge in [0.1, 0.15) is 0 Å². The summed E-state index contributed by atoms with van der Waals surface area (Å²) in [7, 11) is -3.14. The standard InChI is InChI=1S/C14H25N3O2S/c1-2-8-15-9-3-4-12-20(18,19)17-11-7-14-6-5-10-16-13-14/h5-6,10,13,15,17H,2-4,7-9,11-12H2,1H3. The maximum absolute atomic E-state index is 11.8. The normalized spacial score (nSPS) is 11.7. The maximum atomic E-state index is 11.8. The van der Waals surface area contributed by atoms with Crippen molar-refractivity contribution in [2.45, 2.75) is 32.6 Å². The summed E-state index contributed by atoms with van der Waals surface area (Å²) in [5.41, 5.74) is 1.04. The van der Waals surface area contributed by atoms with Gasteiger partial charge in [-0.25, -0.2) is 13.1 Å². The molecule has 0 aromatic carbocycles. The number of aromatic nitrogens is 1. The van der Waals surface area contributed by atoms with Crippen LogP contribution in [-0.2, 0) is 16.4 Å². The van der Waals surface area contributed by atoms with E-state index in [1.807, 2.05) is 12.1 Å². The molecule has 6 heteroatoms. The van der Waals surface area contributed by atoms with Gasteiger partial charge in [-0.3, -0.25) is 4.98 Å². The van der Waals surface area contributed by atoms with Crippen LogP contribution in [0.2, 0.25) is 0 Å². The van der Waals surface area contributed by atoms with E-state index >= 15 is 0 Å². The minimum absolute atomic E-state index is 0.202. The van der Waals surface area contributed by atoms with Crippen molar-refractivity contribution in [3.63, 3.8) is 0 Å². The van der Waals surface area contributed by atoms with Gasteiger partial charge in [0.25, 0.3) is 0 Å². The van der Waals surface area contributed by atoms with Gasteiger partial charge in [-0.2, -0.15) is 0 Å². The third-order valence-electron chi connectivity index (χ3n) is 2.90. The van der Waals surface area contributed by atoms with Gasteiger partial charge in [-0.1, -0.05) is 13.0 Å². The average molecular weight is 299 g/mol. The maximum Gasteiger partial charge on any atom is 0.211 e. The van der Waals surface area contributed by atoms with Gasteiger partial charge in [-0.05, 0) is 50.4 Å². The van der Waals surface area contributed by atoms with E-state index in [1.165, 1.54) is 0 Å². The second kappa shape index (κ2) is 9.85. The van der Waals surface area contributed by atoms with E-state index in [1.54, 1.807) is 12.4 Å². The number of hydrogen-bond acceptors (Lipinski definition) is 4. The SMILES string of the molecule is CCCNCCCCS(=O)(=O)NCCc1cccnc1. The van der Waals surface area contributed by atoms with E-state index in [-0.39, 0.29) is 5.75 Å². The van der Waals surface area contributed by atoms with Crippen LogP contribution in [0.4, 0.5) is 0 Å². The molecular weight excluding hydrogens is 274 g/mol. The molecule has 1 rings (SSSR count). The molecule has 0 aliphatic rings. The first kappa shape index (κ1) is 17.1. The monoisotopic (exact) mass is 299 g/mol. The molecule has 1 heterocycles. The lowest BCUT2D eigenvalue weighted by Crippen LogP contribution is -2.28. The van der Waals surface area contributed by atoms with Gasteiger partial charge in [-0.15, -0.1) is 0 Å². The number of sulfonamides is 1. The van der Waals surface area contributed by atoms with Crippen molar-refractivity contribution in [1.82, 2.24) is 15.0 Å². The first-order chi connectivity index (χ1) is 9.64. The quantitative estimate of drug-likeness (QED) is 0.605. The molecular formula is C14H25N3O2S. The summed E-state index contributed by atoms with van der Waals surface area (Å²) >= 11 is 0. The number of rotatable bonds is 11. The highest BCUT2D eigenvalue weighted by atomic mass is 32.2. The fourth-order valence-electron chi connectivity index (χ4n) is 1.81.